The number of aromatic nitrogens is 3. The van der Waals surface area contributed by atoms with Crippen LogP contribution in [0.5, 0.6) is 0 Å². The Labute approximate surface area is 129 Å². The second-order valence-electron chi connectivity index (χ2n) is 7.16. The van der Waals surface area contributed by atoms with E-state index in [1.54, 1.807) is 11.2 Å². The van der Waals surface area contributed by atoms with Gasteiger partial charge in [-0.3, -0.25) is 0 Å². The third kappa shape index (κ3) is 2.37. The summed E-state index contributed by atoms with van der Waals surface area (Å²) in [7, 11) is 0. The van der Waals surface area contributed by atoms with Crippen molar-refractivity contribution in [2.24, 2.45) is 5.41 Å². The van der Waals surface area contributed by atoms with Crippen molar-refractivity contribution in [1.82, 2.24) is 24.6 Å². The van der Waals surface area contributed by atoms with Gasteiger partial charge >= 0.3 is 6.09 Å². The minimum absolute atomic E-state index is 0.284. The van der Waals surface area contributed by atoms with E-state index in [0.717, 1.165) is 45.4 Å². The Hall–Kier alpha value is -1.63. The standard InChI is InChI=1S/C15H23N5O2/c21-14(22)19-6-3-15(9-19)7-13(8-15)18-4-1-12(2-5-18)20-11-16-10-17-20/h10-13H,1-9H2,(H,21,22). The summed E-state index contributed by atoms with van der Waals surface area (Å²) in [5.41, 5.74) is 0.284. The van der Waals surface area contributed by atoms with Crippen LogP contribution in [0.3, 0.4) is 0 Å². The number of hydrogen-bond acceptors (Lipinski definition) is 4. The summed E-state index contributed by atoms with van der Waals surface area (Å²) < 4.78 is 1.99. The van der Waals surface area contributed by atoms with Crippen LogP contribution in [0.15, 0.2) is 12.7 Å². The average Bonchev–Trinajstić information content (AvgIpc) is 3.15. The lowest BCUT2D eigenvalue weighted by atomic mass is 9.64. The zero-order valence-corrected chi connectivity index (χ0v) is 12.8. The normalized spacial score (nSPS) is 33.3. The monoisotopic (exact) mass is 305 g/mol. The van der Waals surface area contributed by atoms with E-state index in [4.69, 9.17) is 5.11 Å². The molecule has 1 N–H and O–H groups in total. The highest BCUT2D eigenvalue weighted by atomic mass is 16.4. The van der Waals surface area contributed by atoms with Crippen LogP contribution in [-0.4, -0.2) is 68.0 Å². The van der Waals surface area contributed by atoms with Gasteiger partial charge in [-0.2, -0.15) is 5.10 Å². The van der Waals surface area contributed by atoms with Crippen molar-refractivity contribution < 1.29 is 9.90 Å². The predicted octanol–water partition coefficient (Wildman–Crippen LogP) is 1.45. The number of rotatable bonds is 2. The molecule has 0 aromatic carbocycles. The quantitative estimate of drug-likeness (QED) is 0.895. The van der Waals surface area contributed by atoms with Crippen LogP contribution in [0.2, 0.25) is 0 Å². The fourth-order valence-electron chi connectivity index (χ4n) is 4.55. The van der Waals surface area contributed by atoms with Gasteiger partial charge in [0.05, 0.1) is 6.04 Å². The van der Waals surface area contributed by atoms with Crippen molar-refractivity contribution in [1.29, 1.82) is 0 Å². The van der Waals surface area contributed by atoms with Crippen molar-refractivity contribution in [3.63, 3.8) is 0 Å². The third-order valence-corrected chi connectivity index (χ3v) is 5.87. The first-order valence-electron chi connectivity index (χ1n) is 8.21. The number of carboxylic acid groups (broad SMARTS) is 1. The molecule has 1 aromatic heterocycles. The zero-order chi connectivity index (χ0) is 15.2. The van der Waals surface area contributed by atoms with E-state index in [9.17, 15) is 4.79 Å². The molecule has 120 valence electrons. The summed E-state index contributed by atoms with van der Waals surface area (Å²) in [6.45, 7) is 3.70. The van der Waals surface area contributed by atoms with Crippen molar-refractivity contribution in [2.75, 3.05) is 26.2 Å². The molecule has 0 bridgehead atoms. The van der Waals surface area contributed by atoms with E-state index >= 15 is 0 Å². The van der Waals surface area contributed by atoms with Crippen molar-refractivity contribution in [2.45, 2.75) is 44.2 Å². The molecule has 0 atom stereocenters. The number of nitrogens with zero attached hydrogens (tertiary/aromatic N) is 5. The second-order valence-corrected chi connectivity index (χ2v) is 7.16. The van der Waals surface area contributed by atoms with Gasteiger partial charge in [-0.25, -0.2) is 14.5 Å². The second kappa shape index (κ2) is 5.22. The van der Waals surface area contributed by atoms with Gasteiger partial charge < -0.3 is 14.9 Å². The van der Waals surface area contributed by atoms with Gasteiger partial charge in [-0.15, -0.1) is 0 Å². The van der Waals surface area contributed by atoms with Crippen molar-refractivity contribution >= 4 is 6.09 Å². The van der Waals surface area contributed by atoms with Crippen LogP contribution in [-0.2, 0) is 0 Å². The topological polar surface area (TPSA) is 74.5 Å². The lowest BCUT2D eigenvalue weighted by molar-refractivity contribution is -0.00822. The molecule has 1 aromatic rings. The molecule has 2 aliphatic heterocycles. The SMILES string of the molecule is O=C(O)N1CCC2(CC(N3CCC(n4cncn4)CC3)C2)C1. The average molecular weight is 305 g/mol. The molecule has 1 aliphatic carbocycles. The Kier molecular flexibility index (Phi) is 3.32. The van der Waals surface area contributed by atoms with Crippen molar-refractivity contribution in [3.8, 4) is 0 Å². The Morgan fingerprint density at radius 2 is 1.95 bits per heavy atom. The molecule has 1 amide bonds. The Morgan fingerprint density at radius 3 is 2.55 bits per heavy atom. The van der Waals surface area contributed by atoms with E-state index in [2.05, 4.69) is 15.0 Å². The van der Waals surface area contributed by atoms with E-state index in [-0.39, 0.29) is 5.41 Å². The number of likely N-dealkylation sites (tertiary alicyclic amines) is 2. The molecule has 22 heavy (non-hydrogen) atoms. The summed E-state index contributed by atoms with van der Waals surface area (Å²) in [5.74, 6) is 0. The highest BCUT2D eigenvalue weighted by Gasteiger charge is 2.51. The van der Waals surface area contributed by atoms with Gasteiger partial charge in [0.1, 0.15) is 12.7 Å². The summed E-state index contributed by atoms with van der Waals surface area (Å²) >= 11 is 0. The summed E-state index contributed by atoms with van der Waals surface area (Å²) in [5, 5.41) is 13.4. The van der Waals surface area contributed by atoms with Crippen molar-refractivity contribution in [3.05, 3.63) is 12.7 Å². The molecular weight excluding hydrogens is 282 g/mol. The van der Waals surface area contributed by atoms with E-state index < -0.39 is 6.09 Å². The number of piperidine rings is 1. The minimum Gasteiger partial charge on any atom is -0.465 e. The molecule has 3 fully saturated rings. The molecule has 0 unspecified atom stereocenters. The summed E-state index contributed by atoms with van der Waals surface area (Å²) in [6.07, 6.45) is 8.32. The molecule has 1 saturated carbocycles. The Balaban J connectivity index is 1.27. The van der Waals surface area contributed by atoms with Gasteiger partial charge in [0.2, 0.25) is 0 Å². The number of carbonyl (C=O) groups is 1. The van der Waals surface area contributed by atoms with Crippen LogP contribution in [0.4, 0.5) is 4.79 Å². The van der Waals surface area contributed by atoms with E-state index in [1.807, 2.05) is 11.0 Å². The molecule has 2 saturated heterocycles. The maximum atomic E-state index is 11.1. The Bertz CT molecular complexity index is 532. The predicted molar refractivity (Wildman–Crippen MR) is 79.5 cm³/mol. The van der Waals surface area contributed by atoms with Crippen LogP contribution in [0.1, 0.15) is 38.1 Å². The molecular formula is C15H23N5O2. The first kappa shape index (κ1) is 14.0. The molecule has 1 spiro atoms. The largest absolute Gasteiger partial charge is 0.465 e. The van der Waals surface area contributed by atoms with Crippen LogP contribution >= 0.6 is 0 Å². The fraction of sp³-hybridized carbons (Fsp3) is 0.800. The maximum absolute atomic E-state index is 11.1. The van der Waals surface area contributed by atoms with E-state index in [0.29, 0.717) is 12.1 Å². The minimum atomic E-state index is -0.756. The molecule has 7 nitrogen and oxygen atoms in total. The van der Waals surface area contributed by atoms with Crippen LogP contribution in [0.25, 0.3) is 0 Å². The summed E-state index contributed by atoms with van der Waals surface area (Å²) in [4.78, 5) is 19.3. The Morgan fingerprint density at radius 1 is 1.18 bits per heavy atom. The lowest BCUT2D eigenvalue weighted by Crippen LogP contribution is -2.54. The number of hydrogen-bond donors (Lipinski definition) is 1. The molecule has 7 heteroatoms. The van der Waals surface area contributed by atoms with E-state index in [1.165, 1.54) is 12.8 Å². The van der Waals surface area contributed by atoms with Gasteiger partial charge in [0, 0.05) is 32.2 Å². The molecule has 3 heterocycles. The smallest absolute Gasteiger partial charge is 0.407 e. The first-order valence-corrected chi connectivity index (χ1v) is 8.21. The first-order chi connectivity index (χ1) is 10.7. The van der Waals surface area contributed by atoms with Gasteiger partial charge in [0.15, 0.2) is 0 Å². The molecule has 3 aliphatic rings. The number of amides is 1. The zero-order valence-electron chi connectivity index (χ0n) is 12.8. The van der Waals surface area contributed by atoms with Crippen LogP contribution in [0, 0.1) is 5.41 Å². The lowest BCUT2D eigenvalue weighted by Gasteiger charge is -2.51. The fourth-order valence-corrected chi connectivity index (χ4v) is 4.55. The molecule has 0 radical (unpaired) electrons. The molecule has 4 rings (SSSR count). The highest BCUT2D eigenvalue weighted by Crippen LogP contribution is 2.50. The highest BCUT2D eigenvalue weighted by molar-refractivity contribution is 5.65. The third-order valence-electron chi connectivity index (χ3n) is 5.87. The van der Waals surface area contributed by atoms with Gasteiger partial charge in [-0.05, 0) is 37.5 Å². The summed E-state index contributed by atoms with van der Waals surface area (Å²) in [6, 6.07) is 1.15. The van der Waals surface area contributed by atoms with Crippen LogP contribution < -0.4 is 0 Å². The van der Waals surface area contributed by atoms with Gasteiger partial charge in [-0.1, -0.05) is 0 Å². The maximum Gasteiger partial charge on any atom is 0.407 e. The van der Waals surface area contributed by atoms with Gasteiger partial charge in [0.25, 0.3) is 0 Å².